The zero-order valence-corrected chi connectivity index (χ0v) is 25.4. The van der Waals surface area contributed by atoms with E-state index in [1.54, 1.807) is 17.2 Å². The van der Waals surface area contributed by atoms with Gasteiger partial charge in [-0.1, -0.05) is 47.5 Å². The molecule has 1 fully saturated rings. The molecule has 0 saturated carbocycles. The quantitative estimate of drug-likeness (QED) is 0.286. The normalized spacial score (nSPS) is 16.3. The minimum atomic E-state index is -2.06. The van der Waals surface area contributed by atoms with E-state index in [9.17, 15) is 14.7 Å². The van der Waals surface area contributed by atoms with E-state index in [4.69, 9.17) is 9.47 Å². The van der Waals surface area contributed by atoms with Crippen molar-refractivity contribution in [3.05, 3.63) is 29.5 Å². The van der Waals surface area contributed by atoms with Crippen molar-refractivity contribution in [3.8, 4) is 17.2 Å². The molecule has 2 N–H and O–H groups in total. The molecule has 1 aromatic carbocycles. The van der Waals surface area contributed by atoms with Crippen molar-refractivity contribution in [2.45, 2.75) is 103 Å². The number of aromatic carboxylic acids is 1. The molecule has 38 heavy (non-hydrogen) atoms. The second-order valence-electron chi connectivity index (χ2n) is 12.3. The molecule has 8 heteroatoms. The van der Waals surface area contributed by atoms with Crippen molar-refractivity contribution >= 4 is 31.0 Å². The number of rotatable bonds is 7. The Morgan fingerprint density at radius 3 is 2.34 bits per heavy atom. The van der Waals surface area contributed by atoms with E-state index in [1.807, 2.05) is 26.8 Å². The second kappa shape index (κ2) is 11.4. The molecule has 1 aliphatic heterocycles. The van der Waals surface area contributed by atoms with Crippen molar-refractivity contribution in [1.82, 2.24) is 9.88 Å². The highest BCUT2D eigenvalue weighted by molar-refractivity contribution is 6.90. The number of nitrogens with one attached hydrogen (secondary N) is 1. The van der Waals surface area contributed by atoms with Crippen LogP contribution in [0.15, 0.2) is 18.3 Å². The van der Waals surface area contributed by atoms with Crippen molar-refractivity contribution in [1.29, 1.82) is 0 Å². The molecule has 0 spiro atoms. The Kier molecular flexibility index (Phi) is 8.92. The van der Waals surface area contributed by atoms with Gasteiger partial charge in [0.2, 0.25) is 0 Å². The maximum atomic E-state index is 12.7. The van der Waals surface area contributed by atoms with Gasteiger partial charge in [0.15, 0.2) is 0 Å². The number of likely N-dealkylation sites (tertiary alicyclic amines) is 1. The maximum Gasteiger partial charge on any atom is 0.410 e. The van der Waals surface area contributed by atoms with Gasteiger partial charge in [-0.3, -0.25) is 0 Å². The molecule has 1 saturated heterocycles. The number of aromatic nitrogens is 1. The minimum Gasteiger partial charge on any atom is -0.489 e. The number of hydrogen-bond acceptors (Lipinski definition) is 4. The highest BCUT2D eigenvalue weighted by atomic mass is 28.3. The maximum absolute atomic E-state index is 12.7. The van der Waals surface area contributed by atoms with Crippen LogP contribution in [-0.2, 0) is 4.74 Å². The number of aromatic amines is 1. The molecule has 208 valence electrons. The summed E-state index contributed by atoms with van der Waals surface area (Å²) in [4.78, 5) is 30.0. The summed E-state index contributed by atoms with van der Waals surface area (Å²) in [6.45, 7) is 19.9. The summed E-state index contributed by atoms with van der Waals surface area (Å²) in [5, 5.41) is 10.9. The van der Waals surface area contributed by atoms with E-state index >= 15 is 0 Å². The van der Waals surface area contributed by atoms with Crippen molar-refractivity contribution in [3.63, 3.8) is 0 Å². The molecular formula is C30H44N2O5Si. The third-order valence-electron chi connectivity index (χ3n) is 7.74. The molecule has 1 unspecified atom stereocenters. The van der Waals surface area contributed by atoms with Crippen molar-refractivity contribution < 1.29 is 24.2 Å². The number of ether oxygens (including phenoxy) is 2. The average Bonchev–Trinajstić information content (AvgIpc) is 3.46. The van der Waals surface area contributed by atoms with Gasteiger partial charge in [0.1, 0.15) is 26.0 Å². The first-order valence-electron chi connectivity index (χ1n) is 13.7. The lowest BCUT2D eigenvalue weighted by atomic mass is 10.0. The van der Waals surface area contributed by atoms with Crippen LogP contribution >= 0.6 is 0 Å². The van der Waals surface area contributed by atoms with Gasteiger partial charge >= 0.3 is 12.1 Å². The fraction of sp³-hybridized carbons (Fsp3) is 0.600. The molecule has 0 bridgehead atoms. The zero-order valence-electron chi connectivity index (χ0n) is 24.4. The van der Waals surface area contributed by atoms with Crippen LogP contribution in [0.4, 0.5) is 4.79 Å². The molecule has 2 aromatic rings. The number of benzene rings is 1. The van der Waals surface area contributed by atoms with Gasteiger partial charge in [0, 0.05) is 23.7 Å². The Labute approximate surface area is 228 Å². The van der Waals surface area contributed by atoms with Crippen LogP contribution in [0.1, 0.15) is 91.1 Å². The summed E-state index contributed by atoms with van der Waals surface area (Å²) < 4.78 is 11.8. The van der Waals surface area contributed by atoms with Gasteiger partial charge in [-0.15, -0.1) is 5.54 Å². The highest BCUT2D eigenvalue weighted by Crippen LogP contribution is 2.41. The summed E-state index contributed by atoms with van der Waals surface area (Å²) in [5.41, 5.74) is 5.78. The third-order valence-corrected chi connectivity index (χ3v) is 14.0. The largest absolute Gasteiger partial charge is 0.489 e. The summed E-state index contributed by atoms with van der Waals surface area (Å²) in [6.07, 6.45) is 3.11. The van der Waals surface area contributed by atoms with Crippen molar-refractivity contribution in [2.24, 2.45) is 0 Å². The Balaban J connectivity index is 1.98. The Morgan fingerprint density at radius 1 is 1.16 bits per heavy atom. The van der Waals surface area contributed by atoms with E-state index in [2.05, 4.69) is 58.0 Å². The molecule has 1 amide bonds. The topological polar surface area (TPSA) is 91.9 Å². The Morgan fingerprint density at radius 2 is 1.79 bits per heavy atom. The lowest BCUT2D eigenvalue weighted by molar-refractivity contribution is 0.0188. The third kappa shape index (κ3) is 6.04. The zero-order chi connectivity index (χ0) is 28.4. The van der Waals surface area contributed by atoms with E-state index < -0.39 is 19.6 Å². The first-order valence-corrected chi connectivity index (χ1v) is 15.9. The summed E-state index contributed by atoms with van der Waals surface area (Å²) in [5.74, 6) is 2.77. The number of nitrogens with zero attached hydrogens (tertiary/aromatic N) is 1. The minimum absolute atomic E-state index is 0.134. The smallest absolute Gasteiger partial charge is 0.410 e. The van der Waals surface area contributed by atoms with Crippen LogP contribution in [-0.4, -0.2) is 59.9 Å². The molecule has 0 radical (unpaired) electrons. The fourth-order valence-electron chi connectivity index (χ4n) is 5.98. The number of fused-ring (bicyclic) bond motifs is 1. The number of amides is 1. The van der Waals surface area contributed by atoms with Crippen molar-refractivity contribution in [2.75, 3.05) is 13.2 Å². The standard InChI is InChI=1S/C30H44N2O5Si/c1-19(2)38(20(3)4,21(5)6)16-13-23-24-12-14-31-27(24)26(17-25(23)28(33)34)36-18-22-11-10-15-32(22)29(35)37-30(7,8)9/h12,14,17,19-22,31H,10-11,15,18H2,1-9H3,(H,33,34). The molecule has 2 heterocycles. The van der Waals surface area contributed by atoms with E-state index in [-0.39, 0.29) is 24.3 Å². The van der Waals surface area contributed by atoms with Gasteiger partial charge in [-0.05, 0) is 62.4 Å². The lowest BCUT2D eigenvalue weighted by Crippen LogP contribution is -2.43. The van der Waals surface area contributed by atoms with E-state index in [0.717, 1.165) is 18.2 Å². The number of carbonyl (C=O) groups excluding carboxylic acids is 1. The molecule has 1 aromatic heterocycles. The number of carboxylic acids is 1. The highest BCUT2D eigenvalue weighted by Gasteiger charge is 2.42. The van der Waals surface area contributed by atoms with Crippen LogP contribution in [0, 0.1) is 11.5 Å². The molecule has 3 rings (SSSR count). The Bertz CT molecular complexity index is 1210. The summed E-state index contributed by atoms with van der Waals surface area (Å²) in [6, 6.07) is 3.30. The van der Waals surface area contributed by atoms with Gasteiger partial charge in [-0.2, -0.15) is 0 Å². The van der Waals surface area contributed by atoms with Crippen LogP contribution in [0.25, 0.3) is 10.9 Å². The predicted molar refractivity (Wildman–Crippen MR) is 155 cm³/mol. The lowest BCUT2D eigenvalue weighted by Gasteiger charge is -2.38. The van der Waals surface area contributed by atoms with Crippen LogP contribution in [0.5, 0.6) is 5.75 Å². The van der Waals surface area contributed by atoms with Crippen LogP contribution in [0.2, 0.25) is 16.6 Å². The Hall–Kier alpha value is -2.92. The molecule has 0 aliphatic carbocycles. The average molecular weight is 541 g/mol. The van der Waals surface area contributed by atoms with E-state index in [1.165, 1.54) is 0 Å². The summed E-state index contributed by atoms with van der Waals surface area (Å²) in [7, 11) is -2.06. The number of carboxylic acid groups (broad SMARTS) is 1. The molecule has 1 aliphatic rings. The van der Waals surface area contributed by atoms with Gasteiger partial charge in [-0.25, -0.2) is 9.59 Å². The predicted octanol–water partition coefficient (Wildman–Crippen LogP) is 7.21. The molecular weight excluding hydrogens is 496 g/mol. The monoisotopic (exact) mass is 540 g/mol. The summed E-state index contributed by atoms with van der Waals surface area (Å²) >= 11 is 0. The molecule has 1 atom stereocenters. The first kappa shape index (κ1) is 29.6. The SMILES string of the molecule is CC(C)[Si](C#Cc1c(C(=O)O)cc(OCC2CCCN2C(=O)OC(C)(C)C)c2[nH]ccc12)(C(C)C)C(C)C. The number of H-pyrrole nitrogens is 1. The van der Waals surface area contributed by atoms with Gasteiger partial charge < -0.3 is 24.5 Å². The van der Waals surface area contributed by atoms with Crippen LogP contribution < -0.4 is 4.74 Å². The number of carbonyl (C=O) groups is 2. The molecule has 7 nitrogen and oxygen atoms in total. The van der Waals surface area contributed by atoms with Gasteiger partial charge in [0.25, 0.3) is 0 Å². The first-order chi connectivity index (χ1) is 17.7. The second-order valence-corrected chi connectivity index (χ2v) is 17.9. The van der Waals surface area contributed by atoms with Crippen LogP contribution in [0.3, 0.4) is 0 Å². The fourth-order valence-corrected chi connectivity index (χ4v) is 11.2. The number of hydrogen-bond donors (Lipinski definition) is 2. The van der Waals surface area contributed by atoms with Gasteiger partial charge in [0.05, 0.1) is 17.1 Å². The van der Waals surface area contributed by atoms with E-state index in [0.29, 0.717) is 40.0 Å².